The van der Waals surface area contributed by atoms with Gasteiger partial charge >= 0.3 is 0 Å². The first-order valence-electron chi connectivity index (χ1n) is 9.72. The predicted molar refractivity (Wildman–Crippen MR) is 96.5 cm³/mol. The van der Waals surface area contributed by atoms with Crippen molar-refractivity contribution in [3.63, 3.8) is 0 Å². The van der Waals surface area contributed by atoms with E-state index in [1.807, 2.05) is 0 Å². The van der Waals surface area contributed by atoms with Crippen molar-refractivity contribution in [2.45, 2.75) is 59.3 Å². The molecule has 4 aliphatic rings. The number of fused-ring (bicyclic) bond motifs is 5. The van der Waals surface area contributed by atoms with E-state index in [0.717, 1.165) is 18.1 Å². The zero-order chi connectivity index (χ0) is 17.1. The van der Waals surface area contributed by atoms with Gasteiger partial charge in [0.2, 0.25) is 0 Å². The van der Waals surface area contributed by atoms with Crippen LogP contribution in [0.15, 0.2) is 35.6 Å². The van der Waals surface area contributed by atoms with Crippen LogP contribution in [-0.2, 0) is 4.79 Å². The zero-order valence-corrected chi connectivity index (χ0v) is 15.2. The minimum Gasteiger partial charge on any atom is -0.515 e. The zero-order valence-electron chi connectivity index (χ0n) is 15.2. The topological polar surface area (TPSA) is 37.3 Å². The molecule has 0 aliphatic heterocycles. The summed E-state index contributed by atoms with van der Waals surface area (Å²) in [5.41, 5.74) is 2.28. The Labute approximate surface area is 145 Å². The highest BCUT2D eigenvalue weighted by Crippen LogP contribution is 2.65. The Morgan fingerprint density at radius 1 is 1.25 bits per heavy atom. The minimum atomic E-state index is -0.0133. The van der Waals surface area contributed by atoms with Crippen LogP contribution in [0.2, 0.25) is 0 Å². The van der Waals surface area contributed by atoms with E-state index in [2.05, 4.69) is 32.9 Å². The van der Waals surface area contributed by atoms with Crippen molar-refractivity contribution in [1.82, 2.24) is 0 Å². The van der Waals surface area contributed by atoms with Crippen molar-refractivity contribution in [2.75, 3.05) is 0 Å². The van der Waals surface area contributed by atoms with Gasteiger partial charge < -0.3 is 5.11 Å². The van der Waals surface area contributed by atoms with Gasteiger partial charge in [0.05, 0.1) is 6.26 Å². The van der Waals surface area contributed by atoms with Crippen molar-refractivity contribution < 1.29 is 9.90 Å². The number of ketones is 1. The highest BCUT2D eigenvalue weighted by Gasteiger charge is 2.57. The lowest BCUT2D eigenvalue weighted by Crippen LogP contribution is -2.49. The van der Waals surface area contributed by atoms with Gasteiger partial charge in [-0.25, -0.2) is 0 Å². The van der Waals surface area contributed by atoms with Crippen molar-refractivity contribution in [3.8, 4) is 0 Å². The van der Waals surface area contributed by atoms with Crippen LogP contribution in [0.5, 0.6) is 0 Å². The van der Waals surface area contributed by atoms with Gasteiger partial charge in [0, 0.05) is 11.0 Å². The van der Waals surface area contributed by atoms with Crippen molar-refractivity contribution in [2.24, 2.45) is 34.5 Å². The van der Waals surface area contributed by atoms with Gasteiger partial charge in [0.25, 0.3) is 0 Å². The fourth-order valence-electron chi connectivity index (χ4n) is 6.88. The van der Waals surface area contributed by atoms with Crippen LogP contribution >= 0.6 is 0 Å². The van der Waals surface area contributed by atoms with Gasteiger partial charge in [0.15, 0.2) is 5.78 Å². The summed E-state index contributed by atoms with van der Waals surface area (Å²) in [4.78, 5) is 12.2. The summed E-state index contributed by atoms with van der Waals surface area (Å²) in [6.45, 7) is 7.22. The molecule has 6 atom stereocenters. The molecule has 0 amide bonds. The van der Waals surface area contributed by atoms with Crippen LogP contribution in [0.4, 0.5) is 0 Å². The second-order valence-electron chi connectivity index (χ2n) is 9.09. The molecule has 24 heavy (non-hydrogen) atoms. The minimum absolute atomic E-state index is 0.00746. The van der Waals surface area contributed by atoms with Crippen LogP contribution < -0.4 is 0 Å². The molecule has 0 unspecified atom stereocenters. The summed E-state index contributed by atoms with van der Waals surface area (Å²) in [5, 5.41) is 9.49. The number of carbonyl (C=O) groups excluding carboxylic acids is 1. The number of allylic oxidation sites excluding steroid dienone is 5. The highest BCUT2D eigenvalue weighted by molar-refractivity contribution is 6.05. The predicted octanol–water partition coefficient (Wildman–Crippen LogP) is 5.37. The lowest BCUT2D eigenvalue weighted by Gasteiger charge is -2.56. The van der Waals surface area contributed by atoms with Crippen LogP contribution in [0.3, 0.4) is 0 Å². The molecule has 0 saturated heterocycles. The van der Waals surface area contributed by atoms with E-state index in [0.29, 0.717) is 29.2 Å². The maximum atomic E-state index is 12.2. The number of hydrogen-bond acceptors (Lipinski definition) is 2. The molecule has 2 nitrogen and oxygen atoms in total. The van der Waals surface area contributed by atoms with Crippen LogP contribution in [-0.4, -0.2) is 10.9 Å². The van der Waals surface area contributed by atoms with E-state index < -0.39 is 0 Å². The van der Waals surface area contributed by atoms with Crippen molar-refractivity contribution >= 4 is 5.78 Å². The smallest absolute Gasteiger partial charge is 0.185 e. The lowest BCUT2D eigenvalue weighted by molar-refractivity contribution is -0.112. The Balaban J connectivity index is 1.74. The average Bonchev–Trinajstić information content (AvgIpc) is 2.91. The van der Waals surface area contributed by atoms with E-state index in [1.165, 1.54) is 37.7 Å². The molecule has 2 saturated carbocycles. The Morgan fingerprint density at radius 3 is 2.75 bits per heavy atom. The molecule has 0 aromatic heterocycles. The third-order valence-electron chi connectivity index (χ3n) is 8.31. The van der Waals surface area contributed by atoms with Crippen LogP contribution in [0.1, 0.15) is 59.3 Å². The Bertz CT molecular complexity index is 655. The molecule has 130 valence electrons. The van der Waals surface area contributed by atoms with Crippen molar-refractivity contribution in [3.05, 3.63) is 35.6 Å². The molecular weight excluding hydrogens is 296 g/mol. The van der Waals surface area contributed by atoms with Gasteiger partial charge in [-0.1, -0.05) is 39.3 Å². The maximum absolute atomic E-state index is 12.2. The normalized spacial score (nSPS) is 48.7. The average molecular weight is 326 g/mol. The Morgan fingerprint density at radius 2 is 2.04 bits per heavy atom. The van der Waals surface area contributed by atoms with Crippen molar-refractivity contribution in [1.29, 1.82) is 0 Å². The number of aliphatic hydroxyl groups excluding tert-OH is 1. The first-order chi connectivity index (χ1) is 11.4. The molecule has 0 radical (unpaired) electrons. The lowest BCUT2D eigenvalue weighted by atomic mass is 9.48. The van der Waals surface area contributed by atoms with Gasteiger partial charge in [0.1, 0.15) is 0 Å². The maximum Gasteiger partial charge on any atom is 0.185 e. The second-order valence-corrected chi connectivity index (χ2v) is 9.09. The Kier molecular flexibility index (Phi) is 3.60. The monoisotopic (exact) mass is 326 g/mol. The summed E-state index contributed by atoms with van der Waals surface area (Å²) >= 11 is 0. The van der Waals surface area contributed by atoms with Crippen LogP contribution in [0.25, 0.3) is 0 Å². The first kappa shape index (κ1) is 16.2. The number of carbonyl (C=O) groups is 1. The van der Waals surface area contributed by atoms with E-state index in [1.54, 1.807) is 6.08 Å². The van der Waals surface area contributed by atoms with Gasteiger partial charge in [-0.05, 0) is 72.8 Å². The molecule has 0 spiro atoms. The SMILES string of the molecule is CC[C@H]1CC[C@H]2[C@@H]3C=CC4=CC(=O)/C(=C\O)C[C@]4(C)[C@H]3CC[C@]12C. The molecule has 4 rings (SSSR count). The van der Waals surface area contributed by atoms with Crippen LogP contribution in [0, 0.1) is 34.5 Å². The third kappa shape index (κ3) is 1.98. The van der Waals surface area contributed by atoms with Gasteiger partial charge in [-0.2, -0.15) is 0 Å². The number of hydrogen-bond donors (Lipinski definition) is 1. The molecule has 0 bridgehead atoms. The molecular formula is C22H30O2. The second kappa shape index (κ2) is 5.34. The highest BCUT2D eigenvalue weighted by atomic mass is 16.2. The summed E-state index contributed by atoms with van der Waals surface area (Å²) in [5.74, 6) is 2.89. The van der Waals surface area contributed by atoms with Gasteiger partial charge in [-0.3, -0.25) is 4.79 Å². The molecule has 0 aromatic carbocycles. The van der Waals surface area contributed by atoms with E-state index in [-0.39, 0.29) is 11.2 Å². The largest absolute Gasteiger partial charge is 0.515 e. The summed E-state index contributed by atoms with van der Waals surface area (Å²) in [7, 11) is 0. The van der Waals surface area contributed by atoms with E-state index in [9.17, 15) is 9.90 Å². The first-order valence-corrected chi connectivity index (χ1v) is 9.72. The molecule has 4 aliphatic carbocycles. The number of rotatable bonds is 1. The summed E-state index contributed by atoms with van der Waals surface area (Å²) in [6, 6.07) is 0. The molecule has 1 N–H and O–H groups in total. The molecule has 2 fully saturated rings. The molecule has 0 aromatic rings. The van der Waals surface area contributed by atoms with Gasteiger partial charge in [-0.15, -0.1) is 0 Å². The third-order valence-corrected chi connectivity index (χ3v) is 8.31. The summed E-state index contributed by atoms with van der Waals surface area (Å²) < 4.78 is 0. The quantitative estimate of drug-likeness (QED) is 0.519. The fourth-order valence-corrected chi connectivity index (χ4v) is 6.88. The Hall–Kier alpha value is -1.31. The van der Waals surface area contributed by atoms with E-state index >= 15 is 0 Å². The summed E-state index contributed by atoms with van der Waals surface area (Å²) in [6.07, 6.45) is 14.8. The standard InChI is InChI=1S/C22H30O2/c1-4-15-6-8-18-17-7-5-16-11-20(24)14(13-23)12-22(16,3)19(17)9-10-21(15,18)2/h5,7,11,13,15,17-19,23H,4,6,8-10,12H2,1-3H3/b14-13-/t15-,17-,18-,19-,21+,22-/m0/s1. The molecule has 0 heterocycles. The fraction of sp³-hybridized carbons (Fsp3) is 0.682. The van der Waals surface area contributed by atoms with E-state index in [4.69, 9.17) is 0 Å². The molecule has 2 heteroatoms. The number of aliphatic hydroxyl groups is 1.